The molecule has 0 aromatic rings. The third-order valence-electron chi connectivity index (χ3n) is 3.08. The summed E-state index contributed by atoms with van der Waals surface area (Å²) < 4.78 is 4.58. The van der Waals surface area contributed by atoms with E-state index in [4.69, 9.17) is 5.11 Å². The van der Waals surface area contributed by atoms with Gasteiger partial charge in [0.05, 0.1) is 7.11 Å². The monoisotopic (exact) mass is 300 g/mol. The first-order valence-corrected chi connectivity index (χ1v) is 7.91. The summed E-state index contributed by atoms with van der Waals surface area (Å²) in [5.74, 6) is -1.01. The molecule has 0 spiro atoms. The summed E-state index contributed by atoms with van der Waals surface area (Å²) in [5.41, 5.74) is 0.176. The van der Waals surface area contributed by atoms with Crippen molar-refractivity contribution >= 4 is 11.9 Å². The summed E-state index contributed by atoms with van der Waals surface area (Å²) in [5, 5.41) is 7.89. The van der Waals surface area contributed by atoms with Gasteiger partial charge in [-0.1, -0.05) is 64.9 Å². The Morgan fingerprint density at radius 2 is 1.33 bits per heavy atom. The first-order valence-electron chi connectivity index (χ1n) is 7.91. The first-order chi connectivity index (χ1) is 9.95. The molecule has 0 aliphatic carbocycles. The molecule has 21 heavy (non-hydrogen) atoms. The van der Waals surface area contributed by atoms with Gasteiger partial charge in [-0.2, -0.15) is 0 Å². The first kappa shape index (κ1) is 22.0. The van der Waals surface area contributed by atoms with Crippen molar-refractivity contribution in [1.82, 2.24) is 0 Å². The van der Waals surface area contributed by atoms with Crippen molar-refractivity contribution in [2.45, 2.75) is 78.1 Å². The van der Waals surface area contributed by atoms with Gasteiger partial charge in [0, 0.05) is 12.0 Å². The molecule has 4 heteroatoms. The van der Waals surface area contributed by atoms with Crippen LogP contribution in [-0.2, 0) is 14.3 Å². The Hall–Kier alpha value is -1.32. The number of aliphatic carboxylic acids is 1. The Kier molecular flexibility index (Phi) is 17.5. The molecule has 0 aliphatic heterocycles. The number of carbonyl (C=O) groups excluding carboxylic acids is 1. The van der Waals surface area contributed by atoms with Crippen LogP contribution in [0.3, 0.4) is 0 Å². The van der Waals surface area contributed by atoms with Gasteiger partial charge in [0.15, 0.2) is 0 Å². The van der Waals surface area contributed by atoms with Crippen LogP contribution in [0.5, 0.6) is 0 Å². The van der Waals surface area contributed by atoms with Gasteiger partial charge in [0.25, 0.3) is 0 Å². The normalized spacial score (nSPS) is 9.48. The van der Waals surface area contributed by atoms with Gasteiger partial charge in [-0.05, 0) is 13.3 Å². The van der Waals surface area contributed by atoms with Crippen molar-refractivity contribution in [1.29, 1.82) is 0 Å². The summed E-state index contributed by atoms with van der Waals surface area (Å²) in [6.07, 6.45) is 12.2. The number of ether oxygens (including phenoxy) is 1. The Bertz CT molecular complexity index is 273. The Morgan fingerprint density at radius 1 is 0.952 bits per heavy atom. The van der Waals surface area contributed by atoms with Gasteiger partial charge in [0.2, 0.25) is 0 Å². The molecule has 0 rings (SSSR count). The van der Waals surface area contributed by atoms with E-state index in [1.807, 2.05) is 0 Å². The van der Waals surface area contributed by atoms with Gasteiger partial charge in [0.1, 0.15) is 0 Å². The third-order valence-corrected chi connectivity index (χ3v) is 3.08. The van der Waals surface area contributed by atoms with Crippen LogP contribution in [0.15, 0.2) is 12.2 Å². The van der Waals surface area contributed by atoms with Crippen LogP contribution in [0.25, 0.3) is 0 Å². The maximum Gasteiger partial charge on any atom is 0.330 e. The minimum atomic E-state index is -0.935. The van der Waals surface area contributed by atoms with Gasteiger partial charge >= 0.3 is 11.9 Å². The molecule has 0 atom stereocenters. The molecule has 0 aromatic heterocycles. The van der Waals surface area contributed by atoms with Gasteiger partial charge < -0.3 is 9.84 Å². The number of rotatable bonds is 11. The highest BCUT2D eigenvalue weighted by molar-refractivity contribution is 5.84. The Labute approximate surface area is 129 Å². The molecule has 0 heterocycles. The van der Waals surface area contributed by atoms with Crippen molar-refractivity contribution in [2.24, 2.45) is 0 Å². The van der Waals surface area contributed by atoms with Gasteiger partial charge in [-0.15, -0.1) is 0 Å². The fourth-order valence-electron chi connectivity index (χ4n) is 1.68. The lowest BCUT2D eigenvalue weighted by Gasteiger charge is -2.01. The van der Waals surface area contributed by atoms with E-state index >= 15 is 0 Å². The Balaban J connectivity index is 0. The van der Waals surface area contributed by atoms with Crippen LogP contribution < -0.4 is 0 Å². The second-order valence-electron chi connectivity index (χ2n) is 5.24. The predicted octanol–water partition coefficient (Wildman–Crippen LogP) is 4.73. The molecule has 124 valence electrons. The molecule has 0 bridgehead atoms. The predicted molar refractivity (Wildman–Crippen MR) is 86.3 cm³/mol. The molecule has 0 radical (unpaired) electrons. The summed E-state index contributed by atoms with van der Waals surface area (Å²) in [6, 6.07) is 0. The summed E-state index contributed by atoms with van der Waals surface area (Å²) >= 11 is 0. The van der Waals surface area contributed by atoms with Crippen LogP contribution >= 0.6 is 0 Å². The van der Waals surface area contributed by atoms with E-state index in [-0.39, 0.29) is 11.5 Å². The number of carbonyl (C=O) groups is 2. The fourth-order valence-corrected chi connectivity index (χ4v) is 1.68. The molecule has 0 aliphatic rings. The van der Waals surface area contributed by atoms with E-state index in [0.717, 1.165) is 6.42 Å². The Morgan fingerprint density at radius 3 is 1.67 bits per heavy atom. The highest BCUT2D eigenvalue weighted by atomic mass is 16.5. The summed E-state index contributed by atoms with van der Waals surface area (Å²) in [4.78, 5) is 20.4. The highest BCUT2D eigenvalue weighted by Crippen LogP contribution is 2.10. The second-order valence-corrected chi connectivity index (χ2v) is 5.24. The van der Waals surface area contributed by atoms with E-state index in [1.165, 1.54) is 65.4 Å². The molecule has 0 fully saturated rings. The molecular formula is C17H32O4. The number of carboxylic acid groups (broad SMARTS) is 1. The van der Waals surface area contributed by atoms with Crippen molar-refractivity contribution in [3.63, 3.8) is 0 Å². The zero-order valence-corrected chi connectivity index (χ0v) is 14.0. The van der Waals surface area contributed by atoms with Gasteiger partial charge in [-0.3, -0.25) is 4.79 Å². The van der Waals surface area contributed by atoms with Crippen LogP contribution in [-0.4, -0.2) is 24.2 Å². The quantitative estimate of drug-likeness (QED) is 0.340. The SMILES string of the molecule is C=C(C)C(=O)O.CCCCCCCCCCCC(=O)OC. The topological polar surface area (TPSA) is 63.6 Å². The number of hydrogen-bond acceptors (Lipinski definition) is 3. The lowest BCUT2D eigenvalue weighted by atomic mass is 10.1. The lowest BCUT2D eigenvalue weighted by Crippen LogP contribution is -1.99. The van der Waals surface area contributed by atoms with Crippen molar-refractivity contribution in [3.05, 3.63) is 12.2 Å². The number of hydrogen-bond donors (Lipinski definition) is 1. The zero-order valence-electron chi connectivity index (χ0n) is 14.0. The molecule has 0 saturated carbocycles. The molecule has 0 unspecified atom stereocenters. The average molecular weight is 300 g/mol. The molecular weight excluding hydrogens is 268 g/mol. The number of unbranched alkanes of at least 4 members (excludes halogenated alkanes) is 8. The fraction of sp³-hybridized carbons (Fsp3) is 0.765. The molecule has 0 aromatic carbocycles. The van der Waals surface area contributed by atoms with E-state index in [1.54, 1.807) is 0 Å². The van der Waals surface area contributed by atoms with E-state index in [9.17, 15) is 9.59 Å². The smallest absolute Gasteiger partial charge is 0.330 e. The van der Waals surface area contributed by atoms with Crippen LogP contribution in [0.1, 0.15) is 78.1 Å². The molecule has 1 N–H and O–H groups in total. The summed E-state index contributed by atoms with van der Waals surface area (Å²) in [6.45, 7) is 6.84. The van der Waals surface area contributed by atoms with Crippen molar-refractivity contribution < 1.29 is 19.4 Å². The molecule has 4 nitrogen and oxygen atoms in total. The minimum absolute atomic E-state index is 0.0713. The number of carboxylic acids is 1. The standard InChI is InChI=1S/C13H26O2.C4H6O2/c1-3-4-5-6-7-8-9-10-11-12-13(14)15-2;1-3(2)4(5)6/h3-12H2,1-2H3;1H2,2H3,(H,5,6). The lowest BCUT2D eigenvalue weighted by molar-refractivity contribution is -0.140. The summed E-state index contributed by atoms with van der Waals surface area (Å²) in [7, 11) is 1.45. The maximum atomic E-state index is 10.8. The zero-order chi connectivity index (χ0) is 16.5. The molecule has 0 saturated heterocycles. The number of esters is 1. The van der Waals surface area contributed by atoms with Crippen molar-refractivity contribution in [3.8, 4) is 0 Å². The second kappa shape index (κ2) is 16.7. The van der Waals surface area contributed by atoms with Gasteiger partial charge in [-0.25, -0.2) is 4.79 Å². The van der Waals surface area contributed by atoms with Crippen molar-refractivity contribution in [2.75, 3.05) is 7.11 Å². The highest BCUT2D eigenvalue weighted by Gasteiger charge is 1.98. The number of methoxy groups -OCH3 is 1. The van der Waals surface area contributed by atoms with Crippen LogP contribution in [0, 0.1) is 0 Å². The van der Waals surface area contributed by atoms with Crippen LogP contribution in [0.4, 0.5) is 0 Å². The van der Waals surface area contributed by atoms with E-state index in [2.05, 4.69) is 18.2 Å². The third kappa shape index (κ3) is 21.1. The largest absolute Gasteiger partial charge is 0.478 e. The minimum Gasteiger partial charge on any atom is -0.478 e. The van der Waals surface area contributed by atoms with Crippen LogP contribution in [0.2, 0.25) is 0 Å². The van der Waals surface area contributed by atoms with E-state index in [0.29, 0.717) is 6.42 Å². The van der Waals surface area contributed by atoms with E-state index < -0.39 is 5.97 Å². The molecule has 0 amide bonds. The average Bonchev–Trinajstić information content (AvgIpc) is 2.45. The maximum absolute atomic E-state index is 10.8.